The Morgan fingerprint density at radius 3 is 2.42 bits per heavy atom. The van der Waals surface area contributed by atoms with Crippen LogP contribution in [0.4, 0.5) is 0 Å². The van der Waals surface area contributed by atoms with Gasteiger partial charge in [0, 0.05) is 27.3 Å². The van der Waals surface area contributed by atoms with Crippen molar-refractivity contribution in [2.75, 3.05) is 0 Å². The second-order valence-electron chi connectivity index (χ2n) is 4.44. The lowest BCUT2D eigenvalue weighted by Crippen LogP contribution is -1.85. The zero-order valence-corrected chi connectivity index (χ0v) is 11.5. The van der Waals surface area contributed by atoms with Gasteiger partial charge in [-0.3, -0.25) is 0 Å². The summed E-state index contributed by atoms with van der Waals surface area (Å²) in [4.78, 5) is 0. The van der Waals surface area contributed by atoms with Crippen LogP contribution < -0.4 is 4.74 Å². The molecule has 0 saturated carbocycles. The molecule has 0 unspecified atom stereocenters. The topological polar surface area (TPSA) is 9.23 Å². The molecule has 19 heavy (non-hydrogen) atoms. The summed E-state index contributed by atoms with van der Waals surface area (Å²) in [6.07, 6.45) is 0. The van der Waals surface area contributed by atoms with E-state index >= 15 is 0 Å². The number of rotatable bonds is 0. The van der Waals surface area contributed by atoms with Crippen LogP contribution in [-0.4, -0.2) is 0 Å². The highest BCUT2D eigenvalue weighted by atomic mass is 35.5. The summed E-state index contributed by atoms with van der Waals surface area (Å²) in [5.41, 5.74) is 4.58. The van der Waals surface area contributed by atoms with Crippen LogP contribution in [0.2, 0.25) is 5.02 Å². The first kappa shape index (κ1) is 11.1. The van der Waals surface area contributed by atoms with Crippen molar-refractivity contribution in [1.82, 2.24) is 0 Å². The predicted molar refractivity (Wildman–Crippen MR) is 80.3 cm³/mol. The second kappa shape index (κ2) is 4.12. The van der Waals surface area contributed by atoms with E-state index in [1.807, 2.05) is 36.4 Å². The van der Waals surface area contributed by atoms with Gasteiger partial charge in [-0.2, -0.15) is 11.3 Å². The molecule has 0 saturated heterocycles. The van der Waals surface area contributed by atoms with Crippen LogP contribution in [0, 0.1) is 0 Å². The smallest absolute Gasteiger partial charge is 0.135 e. The highest BCUT2D eigenvalue weighted by Crippen LogP contribution is 2.48. The minimum Gasteiger partial charge on any atom is -0.456 e. The van der Waals surface area contributed by atoms with Gasteiger partial charge in [-0.05, 0) is 35.0 Å². The molecule has 0 amide bonds. The van der Waals surface area contributed by atoms with Gasteiger partial charge in [0.15, 0.2) is 0 Å². The number of ether oxygens (including phenoxy) is 1. The van der Waals surface area contributed by atoms with Crippen LogP contribution in [0.15, 0.2) is 53.2 Å². The number of hydrogen-bond donors (Lipinski definition) is 0. The number of halogens is 1. The van der Waals surface area contributed by atoms with Crippen molar-refractivity contribution in [3.8, 4) is 33.8 Å². The molecule has 2 heterocycles. The third-order valence-corrected chi connectivity index (χ3v) is 4.27. The highest BCUT2D eigenvalue weighted by molar-refractivity contribution is 7.08. The van der Waals surface area contributed by atoms with Crippen molar-refractivity contribution in [1.29, 1.82) is 0 Å². The van der Waals surface area contributed by atoms with E-state index in [4.69, 9.17) is 16.3 Å². The molecule has 92 valence electrons. The molecule has 0 spiro atoms. The highest BCUT2D eigenvalue weighted by Gasteiger charge is 2.21. The molecule has 1 aromatic heterocycles. The van der Waals surface area contributed by atoms with Gasteiger partial charge in [0.2, 0.25) is 0 Å². The Hall–Kier alpha value is -1.77. The van der Waals surface area contributed by atoms with Crippen LogP contribution in [0.3, 0.4) is 0 Å². The van der Waals surface area contributed by atoms with Gasteiger partial charge in [-0.25, -0.2) is 0 Å². The van der Waals surface area contributed by atoms with E-state index in [1.165, 1.54) is 11.1 Å². The van der Waals surface area contributed by atoms with Crippen molar-refractivity contribution in [3.63, 3.8) is 0 Å². The largest absolute Gasteiger partial charge is 0.456 e. The minimum atomic E-state index is 0.727. The van der Waals surface area contributed by atoms with Gasteiger partial charge in [0.05, 0.1) is 0 Å². The summed E-state index contributed by atoms with van der Waals surface area (Å²) < 4.78 is 6.04. The Balaban J connectivity index is 2.10. The van der Waals surface area contributed by atoms with Crippen molar-refractivity contribution < 1.29 is 4.74 Å². The van der Waals surface area contributed by atoms with Gasteiger partial charge >= 0.3 is 0 Å². The Kier molecular flexibility index (Phi) is 2.40. The normalized spacial score (nSPS) is 11.8. The number of benzene rings is 2. The molecule has 0 fully saturated rings. The van der Waals surface area contributed by atoms with Crippen molar-refractivity contribution in [3.05, 3.63) is 58.2 Å². The maximum Gasteiger partial charge on any atom is 0.135 e. The van der Waals surface area contributed by atoms with Crippen molar-refractivity contribution >= 4 is 22.9 Å². The lowest BCUT2D eigenvalue weighted by molar-refractivity contribution is 0.488. The van der Waals surface area contributed by atoms with Gasteiger partial charge in [-0.1, -0.05) is 29.8 Å². The number of para-hydroxylation sites is 1. The number of fused-ring (bicyclic) bond motifs is 5. The molecule has 1 nitrogen and oxygen atoms in total. The molecule has 3 aromatic rings. The minimum absolute atomic E-state index is 0.727. The van der Waals surface area contributed by atoms with Gasteiger partial charge in [-0.15, -0.1) is 0 Å². The number of thiophene rings is 1. The summed E-state index contributed by atoms with van der Waals surface area (Å²) in [6, 6.07) is 13.9. The third kappa shape index (κ3) is 1.68. The summed E-state index contributed by atoms with van der Waals surface area (Å²) in [5, 5.41) is 5.04. The Morgan fingerprint density at radius 2 is 1.53 bits per heavy atom. The molecule has 4 rings (SSSR count). The molecule has 1 aliphatic rings. The lowest BCUT2D eigenvalue weighted by Gasteiger charge is -2.08. The number of hydrogen-bond acceptors (Lipinski definition) is 2. The monoisotopic (exact) mass is 284 g/mol. The van der Waals surface area contributed by atoms with Gasteiger partial charge in [0.1, 0.15) is 11.5 Å². The fraction of sp³-hybridized carbons (Fsp3) is 0. The van der Waals surface area contributed by atoms with E-state index in [-0.39, 0.29) is 0 Å². The van der Waals surface area contributed by atoms with E-state index < -0.39 is 0 Å². The van der Waals surface area contributed by atoms with E-state index in [0.29, 0.717) is 0 Å². The lowest BCUT2D eigenvalue weighted by atomic mass is 9.99. The molecule has 0 N–H and O–H groups in total. The molecule has 0 radical (unpaired) electrons. The van der Waals surface area contributed by atoms with Gasteiger partial charge in [0.25, 0.3) is 0 Å². The Morgan fingerprint density at radius 1 is 0.789 bits per heavy atom. The fourth-order valence-corrected chi connectivity index (χ4v) is 3.43. The molecule has 1 aliphatic heterocycles. The zero-order valence-electron chi connectivity index (χ0n) is 9.89. The molecular formula is C16H9ClOS. The van der Waals surface area contributed by atoms with Crippen LogP contribution in [-0.2, 0) is 0 Å². The maximum absolute atomic E-state index is 6.12. The van der Waals surface area contributed by atoms with Crippen molar-refractivity contribution in [2.24, 2.45) is 0 Å². The van der Waals surface area contributed by atoms with E-state index in [0.717, 1.165) is 27.6 Å². The first-order chi connectivity index (χ1) is 9.33. The SMILES string of the molecule is Clc1ccc2c(c1)-c1cscc1-c1ccccc1O2. The Labute approximate surface area is 120 Å². The van der Waals surface area contributed by atoms with Crippen LogP contribution in [0.1, 0.15) is 0 Å². The molecule has 0 bridgehead atoms. The standard InChI is InChI=1S/C16H9ClOS/c17-10-5-6-16-12(7-10)14-9-19-8-13(14)11-3-1-2-4-15(11)18-16/h1-9H. The Bertz CT molecular complexity index is 776. The quantitative estimate of drug-likeness (QED) is 0.394. The second-order valence-corrected chi connectivity index (χ2v) is 5.62. The molecule has 0 atom stereocenters. The van der Waals surface area contributed by atoms with Crippen LogP contribution in [0.25, 0.3) is 22.3 Å². The average molecular weight is 285 g/mol. The molecule has 3 heteroatoms. The van der Waals surface area contributed by atoms with Crippen LogP contribution in [0.5, 0.6) is 11.5 Å². The maximum atomic E-state index is 6.12. The van der Waals surface area contributed by atoms with E-state index in [9.17, 15) is 0 Å². The summed E-state index contributed by atoms with van der Waals surface area (Å²) in [5.74, 6) is 1.75. The van der Waals surface area contributed by atoms with E-state index in [1.54, 1.807) is 11.3 Å². The average Bonchev–Trinajstić information content (AvgIpc) is 2.86. The molecule has 2 aromatic carbocycles. The van der Waals surface area contributed by atoms with Crippen LogP contribution >= 0.6 is 22.9 Å². The fourth-order valence-electron chi connectivity index (χ4n) is 2.41. The summed E-state index contributed by atoms with van der Waals surface area (Å²) in [6.45, 7) is 0. The molecule has 0 aliphatic carbocycles. The zero-order chi connectivity index (χ0) is 12.8. The first-order valence-electron chi connectivity index (χ1n) is 5.96. The van der Waals surface area contributed by atoms with E-state index in [2.05, 4.69) is 16.8 Å². The first-order valence-corrected chi connectivity index (χ1v) is 7.28. The predicted octanol–water partition coefficient (Wildman–Crippen LogP) is 5.84. The van der Waals surface area contributed by atoms with Crippen molar-refractivity contribution in [2.45, 2.75) is 0 Å². The molecular weight excluding hydrogens is 276 g/mol. The third-order valence-electron chi connectivity index (χ3n) is 3.29. The van der Waals surface area contributed by atoms with Gasteiger partial charge < -0.3 is 4.74 Å². The summed E-state index contributed by atoms with van der Waals surface area (Å²) in [7, 11) is 0. The summed E-state index contributed by atoms with van der Waals surface area (Å²) >= 11 is 7.82.